The van der Waals surface area contributed by atoms with Gasteiger partial charge in [-0.1, -0.05) is 18.2 Å². The summed E-state index contributed by atoms with van der Waals surface area (Å²) in [5, 5.41) is 0. The van der Waals surface area contributed by atoms with Crippen LogP contribution in [-0.2, 0) is 19.1 Å². The van der Waals surface area contributed by atoms with Crippen molar-refractivity contribution in [3.8, 4) is 11.5 Å². The number of hydrogen-bond acceptors (Lipinski definition) is 8. The molecule has 2 aliphatic carbocycles. The summed E-state index contributed by atoms with van der Waals surface area (Å²) in [6, 6.07) is 11.2. The van der Waals surface area contributed by atoms with E-state index in [1.165, 1.54) is 38.3 Å². The van der Waals surface area contributed by atoms with E-state index in [-0.39, 0.29) is 35.0 Å². The van der Waals surface area contributed by atoms with Crippen LogP contribution >= 0.6 is 0 Å². The minimum Gasteiger partial charge on any atom is -0.497 e. The molecule has 2 aromatic rings. The highest BCUT2D eigenvalue weighted by Crippen LogP contribution is 2.52. The van der Waals surface area contributed by atoms with Crippen LogP contribution < -0.4 is 9.47 Å². The number of Topliss-reactive ketones (excluding diaryl/α,β-unsaturated/α-hetero) is 1. The second-order valence-electron chi connectivity index (χ2n) is 9.40. The van der Waals surface area contributed by atoms with Gasteiger partial charge in [-0.15, -0.1) is 0 Å². The number of fused-ring (bicyclic) bond motifs is 5. The van der Waals surface area contributed by atoms with Gasteiger partial charge in [-0.2, -0.15) is 0 Å². The molecule has 0 aromatic heterocycles. The van der Waals surface area contributed by atoms with Gasteiger partial charge in [-0.3, -0.25) is 19.3 Å². The predicted octanol–water partition coefficient (Wildman–Crippen LogP) is 2.84. The SMILES string of the molecule is COc1cccc(C(=O)Oc2ccc(C(=O)COC(=O)C(C)N3C(=O)C4C5C=CC(C5)C4C3=O)cc2)c1. The molecule has 2 fully saturated rings. The molecule has 2 bridgehead atoms. The van der Waals surface area contributed by atoms with Gasteiger partial charge < -0.3 is 14.2 Å². The minimum atomic E-state index is -1.11. The summed E-state index contributed by atoms with van der Waals surface area (Å²) in [5.41, 5.74) is 0.551. The van der Waals surface area contributed by atoms with Crippen LogP contribution in [0.15, 0.2) is 60.7 Å². The number of esters is 2. The lowest BCUT2D eigenvalue weighted by atomic mass is 9.85. The number of benzene rings is 2. The Balaban J connectivity index is 1.15. The lowest BCUT2D eigenvalue weighted by molar-refractivity contribution is -0.157. The van der Waals surface area contributed by atoms with Crippen molar-refractivity contribution in [3.63, 3.8) is 0 Å². The van der Waals surface area contributed by atoms with Crippen LogP contribution in [0.3, 0.4) is 0 Å². The van der Waals surface area contributed by atoms with Crippen LogP contribution in [0.4, 0.5) is 0 Å². The molecule has 9 heteroatoms. The fraction of sp³-hybridized carbons (Fsp3) is 0.321. The average Bonchev–Trinajstić information content (AvgIpc) is 3.60. The Kier molecular flexibility index (Phi) is 6.37. The molecular formula is C28H25NO8. The van der Waals surface area contributed by atoms with E-state index in [1.807, 2.05) is 12.2 Å². The molecule has 2 aromatic carbocycles. The van der Waals surface area contributed by atoms with Gasteiger partial charge in [0.15, 0.2) is 12.4 Å². The number of methoxy groups -OCH3 is 1. The standard InChI is InChI=1S/C28H25NO8/c1-15(29-25(31)23-17-6-7-18(12-17)24(23)26(29)32)27(33)36-14-22(30)16-8-10-20(11-9-16)37-28(34)19-4-3-5-21(13-19)35-2/h3-11,13,15,17-18,23-24H,12,14H2,1-2H3. The zero-order valence-electron chi connectivity index (χ0n) is 20.3. The van der Waals surface area contributed by atoms with E-state index in [2.05, 4.69) is 0 Å². The molecule has 0 N–H and O–H groups in total. The number of likely N-dealkylation sites (tertiary alicyclic amines) is 1. The number of carbonyl (C=O) groups excluding carboxylic acids is 5. The lowest BCUT2D eigenvalue weighted by Gasteiger charge is -2.23. The highest BCUT2D eigenvalue weighted by Gasteiger charge is 2.60. The Morgan fingerprint density at radius 1 is 0.919 bits per heavy atom. The van der Waals surface area contributed by atoms with Crippen molar-refractivity contribution in [1.82, 2.24) is 4.90 Å². The summed E-state index contributed by atoms with van der Waals surface area (Å²) in [6.07, 6.45) is 4.76. The molecule has 1 saturated heterocycles. The Morgan fingerprint density at radius 3 is 2.19 bits per heavy atom. The number of nitrogens with zero attached hydrogens (tertiary/aromatic N) is 1. The monoisotopic (exact) mass is 503 g/mol. The van der Waals surface area contributed by atoms with Crippen molar-refractivity contribution in [3.05, 3.63) is 71.8 Å². The molecule has 37 heavy (non-hydrogen) atoms. The maximum absolute atomic E-state index is 12.9. The molecule has 0 radical (unpaired) electrons. The summed E-state index contributed by atoms with van der Waals surface area (Å²) in [7, 11) is 1.50. The third-order valence-corrected chi connectivity index (χ3v) is 7.27. The Bertz CT molecular complexity index is 1280. The first-order valence-corrected chi connectivity index (χ1v) is 12.0. The molecule has 2 amide bonds. The van der Waals surface area contributed by atoms with Crippen molar-refractivity contribution in [2.75, 3.05) is 13.7 Å². The first kappa shape index (κ1) is 24.4. The smallest absolute Gasteiger partial charge is 0.343 e. The summed E-state index contributed by atoms with van der Waals surface area (Å²) in [5.74, 6) is -2.56. The maximum Gasteiger partial charge on any atom is 0.343 e. The lowest BCUT2D eigenvalue weighted by Crippen LogP contribution is -2.45. The van der Waals surface area contributed by atoms with Gasteiger partial charge in [0.2, 0.25) is 11.8 Å². The van der Waals surface area contributed by atoms with Crippen LogP contribution in [0, 0.1) is 23.7 Å². The van der Waals surface area contributed by atoms with Gasteiger partial charge in [0.05, 0.1) is 24.5 Å². The van der Waals surface area contributed by atoms with Crippen LogP contribution in [0.5, 0.6) is 11.5 Å². The maximum atomic E-state index is 12.9. The van der Waals surface area contributed by atoms with E-state index in [0.29, 0.717) is 11.3 Å². The summed E-state index contributed by atoms with van der Waals surface area (Å²) >= 11 is 0. The van der Waals surface area contributed by atoms with Gasteiger partial charge >= 0.3 is 11.9 Å². The number of amides is 2. The normalized spacial score (nSPS) is 24.1. The second-order valence-corrected chi connectivity index (χ2v) is 9.40. The van der Waals surface area contributed by atoms with Crippen LogP contribution in [0.1, 0.15) is 34.1 Å². The molecule has 9 nitrogen and oxygen atoms in total. The quantitative estimate of drug-likeness (QED) is 0.178. The summed E-state index contributed by atoms with van der Waals surface area (Å²) < 4.78 is 15.6. The molecule has 1 aliphatic heterocycles. The van der Waals surface area contributed by atoms with Gasteiger partial charge in [0.25, 0.3) is 0 Å². The van der Waals surface area contributed by atoms with E-state index in [4.69, 9.17) is 14.2 Å². The Hall–Kier alpha value is -4.27. The summed E-state index contributed by atoms with van der Waals surface area (Å²) in [4.78, 5) is 64.3. The Morgan fingerprint density at radius 2 is 1.57 bits per heavy atom. The van der Waals surface area contributed by atoms with Gasteiger partial charge in [0.1, 0.15) is 17.5 Å². The average molecular weight is 504 g/mol. The Labute approximate surface area is 213 Å². The van der Waals surface area contributed by atoms with E-state index < -0.39 is 42.2 Å². The molecule has 190 valence electrons. The minimum absolute atomic E-state index is 0.0408. The largest absolute Gasteiger partial charge is 0.497 e. The van der Waals surface area contributed by atoms with E-state index in [9.17, 15) is 24.0 Å². The predicted molar refractivity (Wildman–Crippen MR) is 129 cm³/mol. The van der Waals surface area contributed by atoms with Crippen molar-refractivity contribution in [2.45, 2.75) is 19.4 Å². The van der Waals surface area contributed by atoms with E-state index >= 15 is 0 Å². The van der Waals surface area contributed by atoms with E-state index in [1.54, 1.807) is 24.3 Å². The first-order chi connectivity index (χ1) is 17.8. The number of hydrogen-bond donors (Lipinski definition) is 0. The third kappa shape index (κ3) is 4.41. The molecule has 5 rings (SSSR count). The molecule has 1 saturated carbocycles. The number of imide groups is 1. The van der Waals surface area contributed by atoms with Gasteiger partial charge in [-0.25, -0.2) is 9.59 Å². The topological polar surface area (TPSA) is 116 Å². The zero-order valence-corrected chi connectivity index (χ0v) is 20.3. The fourth-order valence-electron chi connectivity index (χ4n) is 5.38. The number of ether oxygens (including phenoxy) is 3. The molecule has 1 heterocycles. The molecule has 5 unspecified atom stereocenters. The number of rotatable bonds is 8. The van der Waals surface area contributed by atoms with E-state index in [0.717, 1.165) is 11.3 Å². The zero-order chi connectivity index (χ0) is 26.3. The third-order valence-electron chi connectivity index (χ3n) is 7.27. The molecule has 3 aliphatic rings. The van der Waals surface area contributed by atoms with Crippen molar-refractivity contribution in [2.24, 2.45) is 23.7 Å². The van der Waals surface area contributed by atoms with Crippen LogP contribution in [0.2, 0.25) is 0 Å². The second kappa shape index (κ2) is 9.65. The number of allylic oxidation sites excluding steroid dienone is 2. The van der Waals surface area contributed by atoms with Gasteiger partial charge in [0, 0.05) is 5.56 Å². The van der Waals surface area contributed by atoms with Crippen molar-refractivity contribution in [1.29, 1.82) is 0 Å². The van der Waals surface area contributed by atoms with Crippen LogP contribution in [0.25, 0.3) is 0 Å². The highest BCUT2D eigenvalue weighted by atomic mass is 16.5. The molecule has 0 spiro atoms. The number of carbonyl (C=O) groups is 5. The number of ketones is 1. The van der Waals surface area contributed by atoms with Crippen molar-refractivity contribution < 1.29 is 38.2 Å². The fourth-order valence-corrected chi connectivity index (χ4v) is 5.38. The van der Waals surface area contributed by atoms with Gasteiger partial charge in [-0.05, 0) is 67.6 Å². The van der Waals surface area contributed by atoms with Crippen molar-refractivity contribution >= 4 is 29.5 Å². The molecular weight excluding hydrogens is 478 g/mol. The summed E-state index contributed by atoms with van der Waals surface area (Å²) in [6.45, 7) is 0.881. The first-order valence-electron chi connectivity index (χ1n) is 12.0. The highest BCUT2D eigenvalue weighted by molar-refractivity contribution is 6.09. The molecule has 5 atom stereocenters. The van der Waals surface area contributed by atoms with Crippen LogP contribution in [-0.4, -0.2) is 54.2 Å².